The molecule has 1 saturated heterocycles. The van der Waals surface area contributed by atoms with Crippen LogP contribution in [0.25, 0.3) is 5.57 Å². The van der Waals surface area contributed by atoms with Gasteiger partial charge in [-0.15, -0.1) is 18.8 Å². The normalized spacial score (nSPS) is 14.7. The van der Waals surface area contributed by atoms with E-state index in [-0.39, 0.29) is 0 Å². The molecule has 1 atom stereocenters. The number of nitrogens with zero attached hydrogens (tertiary/aromatic N) is 4. The number of likely N-dealkylation sites (tertiary alicyclic amines) is 1. The van der Waals surface area contributed by atoms with Crippen LogP contribution in [0.2, 0.25) is 0 Å². The number of aromatic nitrogens is 2. The van der Waals surface area contributed by atoms with Gasteiger partial charge in [-0.2, -0.15) is 0 Å². The van der Waals surface area contributed by atoms with Crippen LogP contribution in [0.15, 0.2) is 30.8 Å². The molecule has 0 amide bonds. The summed E-state index contributed by atoms with van der Waals surface area (Å²) in [6, 6.07) is 9.62. The highest BCUT2D eigenvalue weighted by atomic mass is 15.2. The SMILES string of the molecule is C#CCCC.C#Cc1ccc(CN2CCC(N(CCCc3nc(N)c(C(=C)C)nc3C)C(C)CC)CC2)cc1. The minimum Gasteiger partial charge on any atom is -0.382 e. The van der Waals surface area contributed by atoms with E-state index in [0.29, 0.717) is 17.9 Å². The second-order valence-electron chi connectivity index (χ2n) is 10.7. The Bertz CT molecular complexity index is 1110. The van der Waals surface area contributed by atoms with Gasteiger partial charge in [0.25, 0.3) is 0 Å². The number of nitrogens with two attached hydrogens (primary N) is 1. The molecule has 1 aromatic carbocycles. The maximum Gasteiger partial charge on any atom is 0.149 e. The Morgan fingerprint density at radius 3 is 2.36 bits per heavy atom. The van der Waals surface area contributed by atoms with E-state index in [9.17, 15) is 0 Å². The maximum atomic E-state index is 6.13. The molecule has 1 aliphatic rings. The second kappa shape index (κ2) is 16.8. The highest BCUT2D eigenvalue weighted by Gasteiger charge is 2.27. The summed E-state index contributed by atoms with van der Waals surface area (Å²) in [7, 11) is 0. The predicted octanol–water partition coefficient (Wildman–Crippen LogP) is 6.50. The summed E-state index contributed by atoms with van der Waals surface area (Å²) in [5, 5.41) is 0. The number of piperidine rings is 1. The van der Waals surface area contributed by atoms with Crippen LogP contribution in [0.5, 0.6) is 0 Å². The van der Waals surface area contributed by atoms with Crippen LogP contribution in [0.1, 0.15) is 94.4 Å². The topological polar surface area (TPSA) is 58.3 Å². The first-order valence-corrected chi connectivity index (χ1v) is 14.5. The van der Waals surface area contributed by atoms with Crippen molar-refractivity contribution in [3.8, 4) is 24.7 Å². The van der Waals surface area contributed by atoms with Crippen molar-refractivity contribution < 1.29 is 0 Å². The third-order valence-electron chi connectivity index (χ3n) is 7.53. The molecule has 3 rings (SSSR count). The van der Waals surface area contributed by atoms with Gasteiger partial charge >= 0.3 is 0 Å². The number of hydrogen-bond donors (Lipinski definition) is 1. The molecular formula is C34H49N5. The Hall–Kier alpha value is -3.12. The molecule has 0 spiro atoms. The van der Waals surface area contributed by atoms with E-state index in [2.05, 4.69) is 71.1 Å². The van der Waals surface area contributed by atoms with E-state index < -0.39 is 0 Å². The maximum absolute atomic E-state index is 6.13. The van der Waals surface area contributed by atoms with Crippen molar-refractivity contribution in [3.05, 3.63) is 59.1 Å². The second-order valence-corrected chi connectivity index (χ2v) is 10.7. The Kier molecular flexibility index (Phi) is 13.8. The molecule has 5 nitrogen and oxygen atoms in total. The van der Waals surface area contributed by atoms with E-state index in [1.807, 2.05) is 26.0 Å². The van der Waals surface area contributed by atoms with Crippen LogP contribution in [0.3, 0.4) is 0 Å². The number of unbranched alkanes of at least 4 members (excludes halogenated alkanes) is 1. The van der Waals surface area contributed by atoms with Crippen molar-refractivity contribution in [2.45, 2.75) is 98.2 Å². The molecule has 0 saturated carbocycles. The number of allylic oxidation sites excluding steroid dienone is 1. The summed E-state index contributed by atoms with van der Waals surface area (Å²) in [5.41, 5.74) is 12.0. The van der Waals surface area contributed by atoms with Crippen molar-refractivity contribution in [1.82, 2.24) is 19.8 Å². The molecule has 1 fully saturated rings. The molecule has 2 N–H and O–H groups in total. The third kappa shape index (κ3) is 10.2. The summed E-state index contributed by atoms with van der Waals surface area (Å²) >= 11 is 0. The fourth-order valence-corrected chi connectivity index (χ4v) is 5.06. The van der Waals surface area contributed by atoms with Crippen molar-refractivity contribution in [1.29, 1.82) is 0 Å². The van der Waals surface area contributed by atoms with Crippen LogP contribution in [-0.2, 0) is 13.0 Å². The van der Waals surface area contributed by atoms with Crippen molar-refractivity contribution in [2.24, 2.45) is 0 Å². The molecule has 39 heavy (non-hydrogen) atoms. The van der Waals surface area contributed by atoms with Gasteiger partial charge in [-0.05, 0) is 102 Å². The lowest BCUT2D eigenvalue weighted by Gasteiger charge is -2.41. The van der Waals surface area contributed by atoms with Gasteiger partial charge in [-0.3, -0.25) is 9.80 Å². The highest BCUT2D eigenvalue weighted by Crippen LogP contribution is 2.23. The molecule has 210 valence electrons. The predicted molar refractivity (Wildman–Crippen MR) is 167 cm³/mol. The molecule has 1 unspecified atom stereocenters. The average Bonchev–Trinajstić information content (AvgIpc) is 2.94. The van der Waals surface area contributed by atoms with Crippen molar-refractivity contribution in [2.75, 3.05) is 25.4 Å². The molecule has 0 bridgehead atoms. The van der Waals surface area contributed by atoms with Crippen LogP contribution in [0, 0.1) is 31.6 Å². The largest absolute Gasteiger partial charge is 0.382 e. The van der Waals surface area contributed by atoms with Gasteiger partial charge in [0.15, 0.2) is 0 Å². The summed E-state index contributed by atoms with van der Waals surface area (Å²) in [6.07, 6.45) is 18.0. The minimum absolute atomic E-state index is 0.494. The fourth-order valence-electron chi connectivity index (χ4n) is 5.06. The van der Waals surface area contributed by atoms with Gasteiger partial charge < -0.3 is 5.73 Å². The molecule has 0 aliphatic carbocycles. The monoisotopic (exact) mass is 527 g/mol. The standard InChI is InChI=1S/C29H41N5.C5H8/c1-7-22(5)34(17-9-10-27-23(6)31-28(21(3)4)29(30)32-27)26-15-18-33(19-16-26)20-25-13-11-24(8-2)12-14-25;1-3-5-4-2/h2,11-14,22,26H,3,7,9-10,15-20H2,1,4-6H3,(H2,30,32);1H,4-5H2,2H3. The van der Waals surface area contributed by atoms with Gasteiger partial charge in [0.2, 0.25) is 0 Å². The first-order valence-electron chi connectivity index (χ1n) is 14.5. The Morgan fingerprint density at radius 2 is 1.85 bits per heavy atom. The molecule has 2 heterocycles. The quantitative estimate of drug-likeness (QED) is 0.338. The van der Waals surface area contributed by atoms with Crippen molar-refractivity contribution in [3.63, 3.8) is 0 Å². The Balaban J connectivity index is 0.000000976. The van der Waals surface area contributed by atoms with Gasteiger partial charge in [-0.25, -0.2) is 9.97 Å². The van der Waals surface area contributed by atoms with Crippen LogP contribution < -0.4 is 5.73 Å². The zero-order chi connectivity index (χ0) is 28.8. The lowest BCUT2D eigenvalue weighted by Crippen LogP contribution is -2.48. The third-order valence-corrected chi connectivity index (χ3v) is 7.53. The molecule has 0 radical (unpaired) electrons. The lowest BCUT2D eigenvalue weighted by molar-refractivity contribution is 0.0737. The zero-order valence-corrected chi connectivity index (χ0v) is 25.0. The van der Waals surface area contributed by atoms with Crippen LogP contribution in [-0.4, -0.2) is 51.5 Å². The minimum atomic E-state index is 0.494. The molecule has 2 aromatic rings. The number of rotatable bonds is 11. The number of aryl methyl sites for hydroxylation is 2. The molecule has 1 aliphatic heterocycles. The van der Waals surface area contributed by atoms with Gasteiger partial charge in [0.05, 0.1) is 11.4 Å². The summed E-state index contributed by atoms with van der Waals surface area (Å²) < 4.78 is 0. The van der Waals surface area contributed by atoms with Crippen LogP contribution in [0.4, 0.5) is 5.82 Å². The number of hydrogen-bond acceptors (Lipinski definition) is 5. The van der Waals surface area contributed by atoms with Gasteiger partial charge in [0.1, 0.15) is 11.5 Å². The van der Waals surface area contributed by atoms with E-state index in [1.165, 1.54) is 24.8 Å². The molecule has 1 aromatic heterocycles. The number of nitrogen functional groups attached to an aromatic ring is 1. The lowest BCUT2D eigenvalue weighted by atomic mass is 9.99. The van der Waals surface area contributed by atoms with E-state index in [1.54, 1.807) is 0 Å². The average molecular weight is 528 g/mol. The summed E-state index contributed by atoms with van der Waals surface area (Å²) in [4.78, 5) is 14.6. The number of benzene rings is 1. The Morgan fingerprint density at radius 1 is 1.18 bits per heavy atom. The number of terminal acetylenes is 2. The van der Waals surface area contributed by atoms with Gasteiger partial charge in [0, 0.05) is 30.6 Å². The number of anilines is 1. The van der Waals surface area contributed by atoms with E-state index >= 15 is 0 Å². The fraction of sp³-hybridized carbons (Fsp3) is 0.529. The van der Waals surface area contributed by atoms with Gasteiger partial charge in [-0.1, -0.05) is 38.5 Å². The summed E-state index contributed by atoms with van der Waals surface area (Å²) in [6.45, 7) is 19.0. The summed E-state index contributed by atoms with van der Waals surface area (Å²) in [5.74, 6) is 5.71. The molecule has 5 heteroatoms. The first kappa shape index (κ1) is 32.1. The van der Waals surface area contributed by atoms with E-state index in [0.717, 1.165) is 80.1 Å². The van der Waals surface area contributed by atoms with Crippen molar-refractivity contribution >= 4 is 11.4 Å². The Labute approximate surface area is 238 Å². The first-order chi connectivity index (χ1) is 18.7. The highest BCUT2D eigenvalue weighted by molar-refractivity contribution is 5.66. The van der Waals surface area contributed by atoms with Crippen LogP contribution >= 0.6 is 0 Å². The zero-order valence-electron chi connectivity index (χ0n) is 25.0. The van der Waals surface area contributed by atoms with E-state index in [4.69, 9.17) is 18.6 Å². The smallest absolute Gasteiger partial charge is 0.149 e. The molecular weight excluding hydrogens is 478 g/mol.